The molecule has 0 atom stereocenters. The number of rotatable bonds is 3. The molecular formula is C44H26O2. The van der Waals surface area contributed by atoms with Crippen LogP contribution in [0.25, 0.3) is 98.8 Å². The molecule has 0 saturated heterocycles. The van der Waals surface area contributed by atoms with E-state index in [-0.39, 0.29) is 38.3 Å². The molecule has 0 aliphatic carbocycles. The van der Waals surface area contributed by atoms with E-state index in [9.17, 15) is 8.22 Å². The molecule has 2 nitrogen and oxygen atoms in total. The van der Waals surface area contributed by atoms with Crippen molar-refractivity contribution >= 4 is 65.2 Å². The van der Waals surface area contributed by atoms with Crippen molar-refractivity contribution < 1.29 is 29.4 Å². The quantitative estimate of drug-likeness (QED) is 0.188. The van der Waals surface area contributed by atoms with Crippen LogP contribution >= 0.6 is 0 Å². The van der Waals surface area contributed by atoms with Crippen molar-refractivity contribution in [2.24, 2.45) is 0 Å². The van der Waals surface area contributed by atoms with Gasteiger partial charge in [-0.2, -0.15) is 0 Å². The number of para-hydroxylation sites is 1. The smallest absolute Gasteiger partial charge is 0.144 e. The van der Waals surface area contributed by atoms with Crippen LogP contribution in [0.4, 0.5) is 0 Å². The van der Waals surface area contributed by atoms with E-state index < -0.39 is 113 Å². The summed E-state index contributed by atoms with van der Waals surface area (Å²) in [7, 11) is 0. The minimum atomic E-state index is -0.762. The van der Waals surface area contributed by atoms with Crippen molar-refractivity contribution in [1.82, 2.24) is 0 Å². The average molecular weight is 602 g/mol. The third-order valence-electron chi connectivity index (χ3n) is 8.35. The van der Waals surface area contributed by atoms with Gasteiger partial charge in [0.25, 0.3) is 0 Å². The fourth-order valence-electron chi connectivity index (χ4n) is 6.38. The van der Waals surface area contributed by atoms with Gasteiger partial charge in [-0.05, 0) is 67.7 Å². The third kappa shape index (κ3) is 3.65. The van der Waals surface area contributed by atoms with Crippen LogP contribution in [0, 0.1) is 0 Å². The van der Waals surface area contributed by atoms with Gasteiger partial charge in [-0.25, -0.2) is 0 Å². The summed E-state index contributed by atoms with van der Waals surface area (Å²) in [6.45, 7) is 0. The fourth-order valence-corrected chi connectivity index (χ4v) is 6.38. The highest BCUT2D eigenvalue weighted by molar-refractivity contribution is 6.28. The van der Waals surface area contributed by atoms with E-state index in [1.54, 1.807) is 24.3 Å². The molecule has 10 rings (SSSR count). The van der Waals surface area contributed by atoms with Crippen LogP contribution in [0.2, 0.25) is 0 Å². The molecule has 0 spiro atoms. The molecule has 0 N–H and O–H groups in total. The summed E-state index contributed by atoms with van der Waals surface area (Å²) in [5.41, 5.74) is 0.853. The first-order valence-corrected chi connectivity index (χ1v) is 14.5. The molecule has 2 heterocycles. The van der Waals surface area contributed by atoms with E-state index in [1.807, 2.05) is 42.5 Å². The molecule has 10 aromatic rings. The van der Waals surface area contributed by atoms with Crippen LogP contribution in [0.15, 0.2) is 166 Å². The maximum absolute atomic E-state index is 9.56. The minimum absolute atomic E-state index is 0.0744. The van der Waals surface area contributed by atoms with E-state index in [2.05, 4.69) is 0 Å². The van der Waals surface area contributed by atoms with Crippen LogP contribution in [0.3, 0.4) is 0 Å². The van der Waals surface area contributed by atoms with E-state index in [0.29, 0.717) is 38.6 Å². The molecule has 2 aromatic heterocycles. The van der Waals surface area contributed by atoms with E-state index >= 15 is 0 Å². The second-order valence-corrected chi connectivity index (χ2v) is 10.9. The first kappa shape index (κ1) is 14.8. The summed E-state index contributed by atoms with van der Waals surface area (Å²) in [6, 6.07) is 9.39. The number of hydrogen-bond donors (Lipinski definition) is 0. The topological polar surface area (TPSA) is 26.3 Å². The van der Waals surface area contributed by atoms with Gasteiger partial charge in [0.05, 0.1) is 20.6 Å². The van der Waals surface area contributed by atoms with Crippen LogP contribution < -0.4 is 0 Å². The van der Waals surface area contributed by atoms with Gasteiger partial charge in [0.15, 0.2) is 0 Å². The van der Waals surface area contributed by atoms with Crippen molar-refractivity contribution in [3.8, 4) is 33.6 Å². The number of benzene rings is 8. The molecule has 46 heavy (non-hydrogen) atoms. The van der Waals surface area contributed by atoms with Crippen molar-refractivity contribution in [3.05, 3.63) is 157 Å². The minimum Gasteiger partial charge on any atom is -0.456 e. The molecule has 214 valence electrons. The Hall–Kier alpha value is -6.12. The van der Waals surface area contributed by atoms with E-state index in [0.717, 1.165) is 0 Å². The molecule has 0 aliphatic rings. The second-order valence-electron chi connectivity index (χ2n) is 10.9. The molecule has 0 fully saturated rings. The molecule has 0 amide bonds. The van der Waals surface area contributed by atoms with Gasteiger partial charge in [-0.3, -0.25) is 0 Å². The zero-order chi connectivity index (χ0) is 43.2. The standard InChI is InChI=1S/C44H26O2/c1-2-13-28(14-3-1)39-26-37-40(45-39)25-36-31-16-10-11-21-38(31)46-44(36)43(37)42-34-19-8-6-17-32(34)41(33-18-7-9-20-35(33)42)30-23-22-27-12-4-5-15-29(27)24-30/h1-26H/i4D,5D,6D,7D,8D,9D,12D,15D,17D,18D,19D,20D,22D,23D,24D. The number of fused-ring (bicyclic) bond motifs is 7. The first-order valence-electron chi connectivity index (χ1n) is 22.0. The molecule has 0 aliphatic heterocycles. The summed E-state index contributed by atoms with van der Waals surface area (Å²) in [5, 5.41) is -0.524. The Morgan fingerprint density at radius 1 is 0.413 bits per heavy atom. The van der Waals surface area contributed by atoms with E-state index in [1.165, 1.54) is 0 Å². The van der Waals surface area contributed by atoms with Crippen molar-refractivity contribution in [2.75, 3.05) is 0 Å². The highest BCUT2D eigenvalue weighted by Crippen LogP contribution is 2.50. The fraction of sp³-hybridized carbons (Fsp3) is 0. The van der Waals surface area contributed by atoms with Gasteiger partial charge in [0.2, 0.25) is 0 Å². The maximum Gasteiger partial charge on any atom is 0.144 e. The summed E-state index contributed by atoms with van der Waals surface area (Å²) in [6.07, 6.45) is 0. The molecule has 0 radical (unpaired) electrons. The Balaban J connectivity index is 1.54. The Morgan fingerprint density at radius 3 is 1.83 bits per heavy atom. The van der Waals surface area contributed by atoms with Crippen LogP contribution in [0.1, 0.15) is 20.6 Å². The van der Waals surface area contributed by atoms with Crippen LogP contribution in [-0.2, 0) is 0 Å². The zero-order valence-electron chi connectivity index (χ0n) is 38.7. The Kier molecular flexibility index (Phi) is 3.11. The highest BCUT2D eigenvalue weighted by atomic mass is 16.3. The summed E-state index contributed by atoms with van der Waals surface area (Å²) in [5.74, 6) is 0.421. The lowest BCUT2D eigenvalue weighted by Crippen LogP contribution is -1.92. The Morgan fingerprint density at radius 2 is 1.07 bits per heavy atom. The predicted molar refractivity (Wildman–Crippen MR) is 192 cm³/mol. The second kappa shape index (κ2) is 9.69. The van der Waals surface area contributed by atoms with Crippen molar-refractivity contribution in [2.45, 2.75) is 0 Å². The molecule has 0 unspecified atom stereocenters. The molecule has 8 aromatic carbocycles. The predicted octanol–water partition coefficient (Wildman–Crippen LogP) is 12.8. The molecule has 0 saturated carbocycles. The normalized spacial score (nSPS) is 16.5. The van der Waals surface area contributed by atoms with Crippen molar-refractivity contribution in [3.63, 3.8) is 0 Å². The monoisotopic (exact) mass is 601 g/mol. The van der Waals surface area contributed by atoms with Gasteiger partial charge in [0, 0.05) is 32.8 Å². The largest absolute Gasteiger partial charge is 0.456 e. The Bertz CT molecular complexity index is 3570. The summed E-state index contributed by atoms with van der Waals surface area (Å²) in [4.78, 5) is 0. The lowest BCUT2D eigenvalue weighted by molar-refractivity contribution is 0.631. The number of hydrogen-bond acceptors (Lipinski definition) is 2. The van der Waals surface area contributed by atoms with Gasteiger partial charge < -0.3 is 8.83 Å². The van der Waals surface area contributed by atoms with Crippen LogP contribution in [0.5, 0.6) is 0 Å². The van der Waals surface area contributed by atoms with Crippen LogP contribution in [-0.4, -0.2) is 0 Å². The summed E-state index contributed by atoms with van der Waals surface area (Å²) < 4.78 is 149. The molecule has 0 bridgehead atoms. The third-order valence-corrected chi connectivity index (χ3v) is 8.35. The van der Waals surface area contributed by atoms with E-state index in [4.69, 9.17) is 21.2 Å². The van der Waals surface area contributed by atoms with Gasteiger partial charge in [-0.15, -0.1) is 0 Å². The SMILES string of the molecule is [2H]c1c([2H])c([2H])c2c([2H])c(-c3c4c([2H])c([2H])c([2H])c([2H])c4c(-c4c5cc(-c6ccccc6)oc5cc5c4oc4ccccc45)c4c([2H])c([2H])c([2H])c([2H])c34)c([2H])c([2H])c2c1[2H]. The number of furan rings is 2. The summed E-state index contributed by atoms with van der Waals surface area (Å²) >= 11 is 0. The van der Waals surface area contributed by atoms with Crippen molar-refractivity contribution in [1.29, 1.82) is 0 Å². The highest BCUT2D eigenvalue weighted by Gasteiger charge is 2.24. The van der Waals surface area contributed by atoms with Gasteiger partial charge in [-0.1, -0.05) is 133 Å². The van der Waals surface area contributed by atoms with Gasteiger partial charge in [0.1, 0.15) is 22.5 Å². The Labute approximate surface area is 285 Å². The zero-order valence-corrected chi connectivity index (χ0v) is 23.7. The molecular weight excluding hydrogens is 560 g/mol. The lowest BCUT2D eigenvalue weighted by atomic mass is 9.84. The maximum atomic E-state index is 9.56. The first-order chi connectivity index (χ1) is 29.1. The van der Waals surface area contributed by atoms with Gasteiger partial charge >= 0.3 is 0 Å². The average Bonchev–Trinajstić information content (AvgIpc) is 3.86. The lowest BCUT2D eigenvalue weighted by Gasteiger charge is -2.18. The molecule has 2 heteroatoms.